The highest BCUT2D eigenvalue weighted by molar-refractivity contribution is 4.88. The number of likely N-dealkylation sites (tertiary alicyclic amines) is 1. The predicted molar refractivity (Wildman–Crippen MR) is 49.4 cm³/mol. The third-order valence-corrected chi connectivity index (χ3v) is 3.17. The van der Waals surface area contributed by atoms with Crippen LogP contribution in [0.1, 0.15) is 25.7 Å². The van der Waals surface area contributed by atoms with E-state index in [-0.39, 0.29) is 24.9 Å². The van der Waals surface area contributed by atoms with Crippen LogP contribution in [-0.4, -0.2) is 41.7 Å². The molecule has 1 atom stereocenters. The summed E-state index contributed by atoms with van der Waals surface area (Å²) in [6, 6.07) is 0. The second-order valence-corrected chi connectivity index (χ2v) is 4.69. The average Bonchev–Trinajstić information content (AvgIpc) is 2.00. The number of halogens is 2. The zero-order valence-electron chi connectivity index (χ0n) is 8.25. The fourth-order valence-corrected chi connectivity index (χ4v) is 2.48. The third-order valence-electron chi connectivity index (χ3n) is 3.17. The molecular weight excluding hydrogens is 188 g/mol. The number of alkyl halides is 2. The lowest BCUT2D eigenvalue weighted by atomic mass is 9.81. The molecule has 0 aromatic carbocycles. The lowest BCUT2D eigenvalue weighted by Crippen LogP contribution is -2.46. The summed E-state index contributed by atoms with van der Waals surface area (Å²) in [6.07, 6.45) is 1.69. The average molecular weight is 205 g/mol. The van der Waals surface area contributed by atoms with E-state index in [0.29, 0.717) is 6.54 Å². The minimum atomic E-state index is -2.40. The number of hydrogen-bond donors (Lipinski definition) is 1. The molecule has 14 heavy (non-hydrogen) atoms. The molecule has 2 aliphatic rings. The first-order valence-corrected chi connectivity index (χ1v) is 5.33. The van der Waals surface area contributed by atoms with E-state index in [9.17, 15) is 13.9 Å². The van der Waals surface area contributed by atoms with Gasteiger partial charge >= 0.3 is 0 Å². The maximum Gasteiger partial charge on any atom is 0.248 e. The smallest absolute Gasteiger partial charge is 0.248 e. The summed E-state index contributed by atoms with van der Waals surface area (Å²) in [6.45, 7) is 2.37. The van der Waals surface area contributed by atoms with Gasteiger partial charge in [-0.1, -0.05) is 0 Å². The predicted octanol–water partition coefficient (Wildman–Crippen LogP) is 1.49. The monoisotopic (exact) mass is 205 g/mol. The molecule has 0 radical (unpaired) electrons. The van der Waals surface area contributed by atoms with Crippen LogP contribution in [0, 0.1) is 5.92 Å². The van der Waals surface area contributed by atoms with E-state index in [4.69, 9.17) is 0 Å². The Hall–Kier alpha value is -0.220. The molecule has 1 saturated carbocycles. The Balaban J connectivity index is 1.71. The van der Waals surface area contributed by atoms with Crippen LogP contribution >= 0.6 is 0 Å². The molecule has 0 bridgehead atoms. The molecule has 82 valence electrons. The summed E-state index contributed by atoms with van der Waals surface area (Å²) < 4.78 is 25.1. The van der Waals surface area contributed by atoms with Gasteiger partial charge in [-0.25, -0.2) is 8.78 Å². The molecule has 1 aliphatic carbocycles. The Morgan fingerprint density at radius 2 is 2.07 bits per heavy atom. The van der Waals surface area contributed by atoms with Crippen LogP contribution in [0.4, 0.5) is 8.78 Å². The van der Waals surface area contributed by atoms with Crippen LogP contribution in [0.3, 0.4) is 0 Å². The van der Waals surface area contributed by atoms with E-state index in [0.717, 1.165) is 25.9 Å². The molecule has 0 spiro atoms. The summed E-state index contributed by atoms with van der Waals surface area (Å²) in [7, 11) is 0. The van der Waals surface area contributed by atoms with Crippen LogP contribution in [0.2, 0.25) is 0 Å². The van der Waals surface area contributed by atoms with Gasteiger partial charge in [0.15, 0.2) is 0 Å². The van der Waals surface area contributed by atoms with Crippen molar-refractivity contribution in [2.24, 2.45) is 5.92 Å². The van der Waals surface area contributed by atoms with E-state index >= 15 is 0 Å². The van der Waals surface area contributed by atoms with Crippen molar-refractivity contribution in [3.63, 3.8) is 0 Å². The highest BCUT2D eigenvalue weighted by Gasteiger charge is 2.45. The second kappa shape index (κ2) is 3.74. The molecule has 0 amide bonds. The molecule has 0 aromatic heterocycles. The summed E-state index contributed by atoms with van der Waals surface area (Å²) in [5.41, 5.74) is 0. The Morgan fingerprint density at radius 1 is 1.36 bits per heavy atom. The van der Waals surface area contributed by atoms with Crippen molar-refractivity contribution in [1.82, 2.24) is 4.90 Å². The van der Waals surface area contributed by atoms with Crippen molar-refractivity contribution >= 4 is 0 Å². The van der Waals surface area contributed by atoms with Gasteiger partial charge in [0, 0.05) is 25.9 Å². The van der Waals surface area contributed by atoms with Crippen molar-refractivity contribution in [2.75, 3.05) is 19.6 Å². The van der Waals surface area contributed by atoms with Crippen LogP contribution in [0.5, 0.6) is 0 Å². The molecule has 2 nitrogen and oxygen atoms in total. The number of β-amino-alcohol motifs (C(OH)–C–C–N with tert-alkyl or cyclic N) is 1. The van der Waals surface area contributed by atoms with E-state index in [2.05, 4.69) is 4.90 Å². The highest BCUT2D eigenvalue weighted by Crippen LogP contribution is 2.42. The van der Waals surface area contributed by atoms with E-state index in [1.807, 2.05) is 0 Å². The van der Waals surface area contributed by atoms with Gasteiger partial charge in [0.25, 0.3) is 0 Å². The van der Waals surface area contributed by atoms with Crippen LogP contribution < -0.4 is 0 Å². The fraction of sp³-hybridized carbons (Fsp3) is 1.00. The van der Waals surface area contributed by atoms with Crippen molar-refractivity contribution in [3.8, 4) is 0 Å². The van der Waals surface area contributed by atoms with Gasteiger partial charge in [0.2, 0.25) is 5.92 Å². The second-order valence-electron chi connectivity index (χ2n) is 4.69. The molecule has 1 saturated heterocycles. The Labute approximate surface area is 82.9 Å². The Kier molecular flexibility index (Phi) is 2.75. The standard InChI is InChI=1S/C10H17F2NO/c11-10(12)4-8(5-10)6-13-3-1-2-9(14)7-13/h8-9,14H,1-7H2/t9-/m0/s1. The van der Waals surface area contributed by atoms with Gasteiger partial charge in [-0.3, -0.25) is 0 Å². The Bertz CT molecular complexity index is 202. The third kappa shape index (κ3) is 2.42. The normalized spacial score (nSPS) is 34.1. The fourth-order valence-electron chi connectivity index (χ4n) is 2.48. The summed E-state index contributed by atoms with van der Waals surface area (Å²) in [5, 5.41) is 9.40. The Morgan fingerprint density at radius 3 is 2.64 bits per heavy atom. The molecular formula is C10H17F2NO. The number of aliphatic hydroxyl groups is 1. The van der Waals surface area contributed by atoms with Gasteiger partial charge in [0.1, 0.15) is 0 Å². The minimum Gasteiger partial charge on any atom is -0.392 e. The molecule has 1 heterocycles. The number of hydrogen-bond acceptors (Lipinski definition) is 2. The first kappa shape index (κ1) is 10.3. The minimum absolute atomic E-state index is 0.0413. The number of piperidine rings is 1. The molecule has 2 rings (SSSR count). The topological polar surface area (TPSA) is 23.5 Å². The maximum atomic E-state index is 12.6. The van der Waals surface area contributed by atoms with Crippen molar-refractivity contribution in [1.29, 1.82) is 0 Å². The quantitative estimate of drug-likeness (QED) is 0.738. The van der Waals surface area contributed by atoms with E-state index in [1.165, 1.54) is 0 Å². The SMILES string of the molecule is O[C@H]1CCCN(CC2CC(F)(F)C2)C1. The summed E-state index contributed by atoms with van der Waals surface area (Å²) in [5.74, 6) is -2.26. The van der Waals surface area contributed by atoms with E-state index < -0.39 is 5.92 Å². The summed E-state index contributed by atoms with van der Waals surface area (Å²) in [4.78, 5) is 2.12. The number of nitrogens with zero attached hydrogens (tertiary/aromatic N) is 1. The van der Waals surface area contributed by atoms with Gasteiger partial charge in [-0.05, 0) is 25.3 Å². The maximum absolute atomic E-state index is 12.6. The first-order valence-electron chi connectivity index (χ1n) is 5.33. The molecule has 1 aliphatic heterocycles. The van der Waals surface area contributed by atoms with Gasteiger partial charge in [-0.15, -0.1) is 0 Å². The van der Waals surface area contributed by atoms with Crippen LogP contribution in [0.15, 0.2) is 0 Å². The largest absolute Gasteiger partial charge is 0.392 e. The van der Waals surface area contributed by atoms with Crippen molar-refractivity contribution in [3.05, 3.63) is 0 Å². The van der Waals surface area contributed by atoms with Crippen LogP contribution in [-0.2, 0) is 0 Å². The van der Waals surface area contributed by atoms with Crippen LogP contribution in [0.25, 0.3) is 0 Å². The summed E-state index contributed by atoms with van der Waals surface area (Å²) >= 11 is 0. The number of aliphatic hydroxyl groups excluding tert-OH is 1. The molecule has 0 aromatic rings. The highest BCUT2D eigenvalue weighted by atomic mass is 19.3. The zero-order valence-corrected chi connectivity index (χ0v) is 8.25. The van der Waals surface area contributed by atoms with E-state index in [1.54, 1.807) is 0 Å². The van der Waals surface area contributed by atoms with Crippen molar-refractivity contribution in [2.45, 2.75) is 37.7 Å². The molecule has 2 fully saturated rings. The molecule has 4 heteroatoms. The lowest BCUT2D eigenvalue weighted by molar-refractivity contribution is -0.118. The molecule has 1 N–H and O–H groups in total. The zero-order chi connectivity index (χ0) is 10.2. The van der Waals surface area contributed by atoms with Gasteiger partial charge in [-0.2, -0.15) is 0 Å². The number of rotatable bonds is 2. The lowest BCUT2D eigenvalue weighted by Gasteiger charge is -2.40. The molecule has 0 unspecified atom stereocenters. The van der Waals surface area contributed by atoms with Gasteiger partial charge in [0.05, 0.1) is 6.10 Å². The van der Waals surface area contributed by atoms with Gasteiger partial charge < -0.3 is 10.0 Å². The first-order chi connectivity index (χ1) is 6.55. The van der Waals surface area contributed by atoms with Crippen molar-refractivity contribution < 1.29 is 13.9 Å².